The number of methoxy groups -OCH3 is 1. The van der Waals surface area contributed by atoms with E-state index in [9.17, 15) is 4.79 Å². The number of rotatable bonds is 6. The molecular formula is C14H20BrNO2. The summed E-state index contributed by atoms with van der Waals surface area (Å²) in [5.74, 6) is 1.03. The van der Waals surface area contributed by atoms with Gasteiger partial charge in [-0.1, -0.05) is 36.2 Å². The van der Waals surface area contributed by atoms with Crippen molar-refractivity contribution in [1.82, 2.24) is 0 Å². The molecule has 0 heterocycles. The molecule has 1 aromatic carbocycles. The molecular weight excluding hydrogens is 294 g/mol. The molecule has 1 aromatic rings. The van der Waals surface area contributed by atoms with Crippen molar-refractivity contribution in [3.8, 4) is 5.75 Å². The minimum absolute atomic E-state index is 0.0679. The van der Waals surface area contributed by atoms with Crippen molar-refractivity contribution in [1.29, 1.82) is 0 Å². The minimum Gasteiger partial charge on any atom is -0.497 e. The van der Waals surface area contributed by atoms with Gasteiger partial charge in [0.1, 0.15) is 5.75 Å². The highest BCUT2D eigenvalue weighted by Crippen LogP contribution is 2.23. The monoisotopic (exact) mass is 313 g/mol. The first-order chi connectivity index (χ1) is 8.49. The summed E-state index contributed by atoms with van der Waals surface area (Å²) in [6, 6.07) is 5.21. The SMILES string of the molecule is CCC(C)C(N)C(=O)Cc1cc(OC)ccc1Br. The maximum Gasteiger partial charge on any atom is 0.154 e. The standard InChI is InChI=1S/C14H20BrNO2/c1-4-9(2)14(16)13(17)8-10-7-11(18-3)5-6-12(10)15/h5-7,9,14H,4,8,16H2,1-3H3. The van der Waals surface area contributed by atoms with E-state index < -0.39 is 6.04 Å². The van der Waals surface area contributed by atoms with Crippen molar-refractivity contribution in [2.75, 3.05) is 7.11 Å². The molecule has 2 N–H and O–H groups in total. The van der Waals surface area contributed by atoms with Crippen LogP contribution in [0.1, 0.15) is 25.8 Å². The average Bonchev–Trinajstić information content (AvgIpc) is 2.39. The van der Waals surface area contributed by atoms with Crippen LogP contribution in [0.15, 0.2) is 22.7 Å². The summed E-state index contributed by atoms with van der Waals surface area (Å²) in [6.07, 6.45) is 1.25. The lowest BCUT2D eigenvalue weighted by molar-refractivity contribution is -0.120. The Kier molecular flexibility index (Phi) is 5.82. The number of ether oxygens (including phenoxy) is 1. The predicted octanol–water partition coefficient (Wildman–Crippen LogP) is 2.94. The van der Waals surface area contributed by atoms with E-state index in [2.05, 4.69) is 15.9 Å². The van der Waals surface area contributed by atoms with E-state index >= 15 is 0 Å². The summed E-state index contributed by atoms with van der Waals surface area (Å²) in [6.45, 7) is 4.04. The van der Waals surface area contributed by atoms with Gasteiger partial charge in [-0.25, -0.2) is 0 Å². The van der Waals surface area contributed by atoms with E-state index in [1.54, 1.807) is 7.11 Å². The topological polar surface area (TPSA) is 52.3 Å². The summed E-state index contributed by atoms with van der Waals surface area (Å²) in [5, 5.41) is 0. The maximum absolute atomic E-state index is 12.1. The van der Waals surface area contributed by atoms with Crippen molar-refractivity contribution < 1.29 is 9.53 Å². The lowest BCUT2D eigenvalue weighted by atomic mass is 9.93. The summed E-state index contributed by atoms with van der Waals surface area (Å²) in [4.78, 5) is 12.1. The minimum atomic E-state index is -0.395. The van der Waals surface area contributed by atoms with Crippen molar-refractivity contribution >= 4 is 21.7 Å². The molecule has 3 nitrogen and oxygen atoms in total. The lowest BCUT2D eigenvalue weighted by Crippen LogP contribution is -2.37. The molecule has 0 saturated carbocycles. The molecule has 0 amide bonds. The van der Waals surface area contributed by atoms with E-state index in [-0.39, 0.29) is 11.7 Å². The lowest BCUT2D eigenvalue weighted by Gasteiger charge is -2.17. The van der Waals surface area contributed by atoms with Crippen LogP contribution in [0.2, 0.25) is 0 Å². The fourth-order valence-corrected chi connectivity index (χ4v) is 2.08. The smallest absolute Gasteiger partial charge is 0.154 e. The van der Waals surface area contributed by atoms with Crippen LogP contribution in [0, 0.1) is 5.92 Å². The molecule has 0 fully saturated rings. The molecule has 18 heavy (non-hydrogen) atoms. The van der Waals surface area contributed by atoms with Crippen molar-refractivity contribution in [3.05, 3.63) is 28.2 Å². The number of hydrogen-bond acceptors (Lipinski definition) is 3. The Morgan fingerprint density at radius 3 is 2.72 bits per heavy atom. The second-order valence-electron chi connectivity index (χ2n) is 4.51. The molecule has 0 radical (unpaired) electrons. The number of hydrogen-bond donors (Lipinski definition) is 1. The van der Waals surface area contributed by atoms with Crippen LogP contribution < -0.4 is 10.5 Å². The molecule has 0 saturated heterocycles. The van der Waals surface area contributed by atoms with Crippen LogP contribution in [0.4, 0.5) is 0 Å². The van der Waals surface area contributed by atoms with Crippen LogP contribution in [-0.2, 0) is 11.2 Å². The Bertz CT molecular complexity index is 420. The molecule has 2 atom stereocenters. The van der Waals surface area contributed by atoms with Crippen molar-refractivity contribution in [2.24, 2.45) is 11.7 Å². The third-order valence-electron chi connectivity index (χ3n) is 3.25. The van der Waals surface area contributed by atoms with E-state index in [1.807, 2.05) is 32.0 Å². The average molecular weight is 314 g/mol. The Morgan fingerprint density at radius 2 is 2.17 bits per heavy atom. The van der Waals surface area contributed by atoms with Gasteiger partial charge in [0.2, 0.25) is 0 Å². The molecule has 1 rings (SSSR count). The highest BCUT2D eigenvalue weighted by Gasteiger charge is 2.20. The second kappa shape index (κ2) is 6.90. The van der Waals surface area contributed by atoms with E-state index in [0.29, 0.717) is 6.42 Å². The van der Waals surface area contributed by atoms with Crippen molar-refractivity contribution in [3.63, 3.8) is 0 Å². The van der Waals surface area contributed by atoms with Crippen LogP contribution >= 0.6 is 15.9 Å². The fourth-order valence-electron chi connectivity index (χ4n) is 1.69. The second-order valence-corrected chi connectivity index (χ2v) is 5.37. The zero-order valence-corrected chi connectivity index (χ0v) is 12.7. The van der Waals surface area contributed by atoms with Gasteiger partial charge in [0.05, 0.1) is 13.2 Å². The molecule has 0 aliphatic heterocycles. The van der Waals surface area contributed by atoms with E-state index in [0.717, 1.165) is 22.2 Å². The number of carbonyl (C=O) groups excluding carboxylic acids is 1. The first-order valence-electron chi connectivity index (χ1n) is 6.10. The zero-order valence-electron chi connectivity index (χ0n) is 11.1. The van der Waals surface area contributed by atoms with Gasteiger partial charge in [-0.3, -0.25) is 4.79 Å². The van der Waals surface area contributed by atoms with Crippen molar-refractivity contribution in [2.45, 2.75) is 32.7 Å². The molecule has 0 bridgehead atoms. The summed E-state index contributed by atoms with van der Waals surface area (Å²) >= 11 is 3.44. The van der Waals surface area contributed by atoms with Crippen LogP contribution in [0.3, 0.4) is 0 Å². The molecule has 2 unspecified atom stereocenters. The highest BCUT2D eigenvalue weighted by molar-refractivity contribution is 9.10. The molecule has 4 heteroatoms. The van der Waals surface area contributed by atoms with E-state index in [4.69, 9.17) is 10.5 Å². The zero-order chi connectivity index (χ0) is 13.7. The van der Waals surface area contributed by atoms with Crippen LogP contribution in [0.5, 0.6) is 5.75 Å². The summed E-state index contributed by atoms with van der Waals surface area (Å²) in [7, 11) is 1.61. The Balaban J connectivity index is 2.81. The maximum atomic E-state index is 12.1. The Morgan fingerprint density at radius 1 is 1.50 bits per heavy atom. The predicted molar refractivity (Wildman–Crippen MR) is 76.8 cm³/mol. The van der Waals surface area contributed by atoms with Gasteiger partial charge in [0.25, 0.3) is 0 Å². The van der Waals surface area contributed by atoms with Crippen LogP contribution in [-0.4, -0.2) is 18.9 Å². The van der Waals surface area contributed by atoms with Gasteiger partial charge in [-0.15, -0.1) is 0 Å². The van der Waals surface area contributed by atoms with Gasteiger partial charge >= 0.3 is 0 Å². The van der Waals surface area contributed by atoms with Gasteiger partial charge in [-0.2, -0.15) is 0 Å². The number of benzene rings is 1. The summed E-state index contributed by atoms with van der Waals surface area (Å²) < 4.78 is 6.07. The fraction of sp³-hybridized carbons (Fsp3) is 0.500. The Hall–Kier alpha value is -0.870. The quantitative estimate of drug-likeness (QED) is 0.878. The Labute approximate surface area is 117 Å². The third-order valence-corrected chi connectivity index (χ3v) is 4.02. The highest BCUT2D eigenvalue weighted by atomic mass is 79.9. The summed E-state index contributed by atoms with van der Waals surface area (Å²) in [5.41, 5.74) is 6.86. The number of nitrogens with two attached hydrogens (primary N) is 1. The van der Waals surface area contributed by atoms with Gasteiger partial charge < -0.3 is 10.5 Å². The number of ketones is 1. The normalized spacial score (nSPS) is 14.1. The largest absolute Gasteiger partial charge is 0.497 e. The number of halogens is 1. The third kappa shape index (κ3) is 3.82. The number of Topliss-reactive ketones (excluding diaryl/α,β-unsaturated/α-hetero) is 1. The van der Waals surface area contributed by atoms with Crippen LogP contribution in [0.25, 0.3) is 0 Å². The van der Waals surface area contributed by atoms with Gasteiger partial charge in [-0.05, 0) is 29.7 Å². The molecule has 0 spiro atoms. The first-order valence-corrected chi connectivity index (χ1v) is 6.89. The van der Waals surface area contributed by atoms with Gasteiger partial charge in [0.15, 0.2) is 5.78 Å². The van der Waals surface area contributed by atoms with E-state index in [1.165, 1.54) is 0 Å². The molecule has 100 valence electrons. The first kappa shape index (κ1) is 15.2. The molecule has 0 aromatic heterocycles. The molecule has 0 aliphatic carbocycles. The molecule has 0 aliphatic rings. The number of carbonyl (C=O) groups is 1. The van der Waals surface area contributed by atoms with Gasteiger partial charge in [0, 0.05) is 10.9 Å².